The van der Waals surface area contributed by atoms with Crippen molar-refractivity contribution in [3.8, 4) is 0 Å². The van der Waals surface area contributed by atoms with Crippen molar-refractivity contribution in [1.29, 1.82) is 0 Å². The number of amides is 1. The fourth-order valence-electron chi connectivity index (χ4n) is 4.47. The Hall–Kier alpha value is -2.74. The maximum absolute atomic E-state index is 13.5. The number of fused-ring (bicyclic) bond motifs is 1. The first-order valence-electron chi connectivity index (χ1n) is 10.1. The zero-order valence-corrected chi connectivity index (χ0v) is 17.0. The summed E-state index contributed by atoms with van der Waals surface area (Å²) in [7, 11) is 0. The molecule has 2 atom stereocenters. The SMILES string of the molecule is CCOC(=O)[C@]12CC(c3ccccc3)(c3ccccc3)OO[C@@]1(O)CN(CC)C2=O. The highest BCUT2D eigenvalue weighted by Crippen LogP contribution is 2.57. The molecule has 0 aromatic heterocycles. The summed E-state index contributed by atoms with van der Waals surface area (Å²) in [5.41, 5.74) is -1.85. The zero-order chi connectivity index (χ0) is 21.4. The second-order valence-electron chi connectivity index (χ2n) is 7.63. The van der Waals surface area contributed by atoms with Gasteiger partial charge in [-0.1, -0.05) is 60.7 Å². The van der Waals surface area contributed by atoms with Crippen molar-refractivity contribution in [3.63, 3.8) is 0 Å². The van der Waals surface area contributed by atoms with Crippen molar-refractivity contribution in [2.24, 2.45) is 5.41 Å². The summed E-state index contributed by atoms with van der Waals surface area (Å²) < 4.78 is 5.30. The molecule has 2 fully saturated rings. The number of nitrogens with zero attached hydrogens (tertiary/aromatic N) is 1. The molecule has 0 unspecified atom stereocenters. The Bertz CT molecular complexity index is 894. The van der Waals surface area contributed by atoms with E-state index in [2.05, 4.69) is 0 Å². The molecule has 2 aliphatic heterocycles. The van der Waals surface area contributed by atoms with E-state index in [1.807, 2.05) is 60.7 Å². The molecule has 2 saturated heterocycles. The molecule has 1 amide bonds. The number of rotatable bonds is 5. The van der Waals surface area contributed by atoms with Crippen LogP contribution in [0.1, 0.15) is 31.4 Å². The number of hydrogen-bond acceptors (Lipinski definition) is 6. The van der Waals surface area contributed by atoms with Crippen LogP contribution in [0.4, 0.5) is 0 Å². The van der Waals surface area contributed by atoms with Crippen molar-refractivity contribution in [2.75, 3.05) is 19.7 Å². The van der Waals surface area contributed by atoms with Crippen LogP contribution >= 0.6 is 0 Å². The third kappa shape index (κ3) is 2.77. The number of carbonyl (C=O) groups excluding carboxylic acids is 2. The van der Waals surface area contributed by atoms with Crippen LogP contribution in [0.15, 0.2) is 60.7 Å². The molecular formula is C23H25NO6. The van der Waals surface area contributed by atoms with Crippen LogP contribution in [0.5, 0.6) is 0 Å². The summed E-state index contributed by atoms with van der Waals surface area (Å²) in [5.74, 6) is -3.49. The lowest BCUT2D eigenvalue weighted by Crippen LogP contribution is -2.64. The van der Waals surface area contributed by atoms with E-state index in [4.69, 9.17) is 14.5 Å². The highest BCUT2D eigenvalue weighted by molar-refractivity contribution is 6.06. The number of β-amino-alcohol motifs (C(OH)–C–C–N with tert-alkyl or cyclic N) is 1. The Morgan fingerprint density at radius 2 is 1.60 bits per heavy atom. The number of likely N-dealkylation sites (N-methyl/N-ethyl adjacent to an activating group) is 1. The van der Waals surface area contributed by atoms with Gasteiger partial charge in [-0.15, -0.1) is 0 Å². The molecule has 7 nitrogen and oxygen atoms in total. The Morgan fingerprint density at radius 3 is 2.10 bits per heavy atom. The fourth-order valence-corrected chi connectivity index (χ4v) is 4.47. The van der Waals surface area contributed by atoms with Gasteiger partial charge in [0.2, 0.25) is 17.1 Å². The molecule has 30 heavy (non-hydrogen) atoms. The van der Waals surface area contributed by atoms with E-state index in [1.165, 1.54) is 4.90 Å². The molecule has 0 bridgehead atoms. The molecule has 158 valence electrons. The number of esters is 1. The molecule has 0 aliphatic carbocycles. The lowest BCUT2D eigenvalue weighted by molar-refractivity contribution is -0.497. The highest BCUT2D eigenvalue weighted by atomic mass is 17.2. The maximum atomic E-state index is 13.5. The molecule has 2 heterocycles. The lowest BCUT2D eigenvalue weighted by Gasteiger charge is -2.48. The Kier molecular flexibility index (Phi) is 5.13. The molecule has 0 saturated carbocycles. The van der Waals surface area contributed by atoms with Gasteiger partial charge in [0, 0.05) is 13.0 Å². The topological polar surface area (TPSA) is 85.3 Å². The number of benzene rings is 2. The molecule has 0 spiro atoms. The monoisotopic (exact) mass is 411 g/mol. The largest absolute Gasteiger partial charge is 0.465 e. The van der Waals surface area contributed by atoms with Gasteiger partial charge in [0.05, 0.1) is 13.2 Å². The average Bonchev–Trinajstić information content (AvgIpc) is 3.02. The van der Waals surface area contributed by atoms with Crippen LogP contribution in [0.3, 0.4) is 0 Å². The summed E-state index contributed by atoms with van der Waals surface area (Å²) in [6.07, 6.45) is -0.154. The van der Waals surface area contributed by atoms with Crippen molar-refractivity contribution in [2.45, 2.75) is 31.7 Å². The molecule has 2 aromatic rings. The zero-order valence-electron chi connectivity index (χ0n) is 17.0. The standard InChI is InChI=1S/C23H25NO6/c1-3-24-16-23(27)21(19(24)25,20(26)28-4-2)15-22(29-30-23,17-11-7-5-8-12-17)18-13-9-6-10-14-18/h5-14,27H,3-4,15-16H2,1-2H3/t21-,23+/m1/s1. The number of hydrogen-bond donors (Lipinski definition) is 1. The summed E-state index contributed by atoms with van der Waals surface area (Å²) in [4.78, 5) is 39.6. The Labute approximate surface area is 175 Å². The Balaban J connectivity index is 1.94. The molecule has 1 N–H and O–H groups in total. The van der Waals surface area contributed by atoms with Crippen LogP contribution in [0.25, 0.3) is 0 Å². The van der Waals surface area contributed by atoms with Crippen LogP contribution in [0, 0.1) is 5.41 Å². The molecular weight excluding hydrogens is 386 g/mol. The van der Waals surface area contributed by atoms with Crippen LogP contribution < -0.4 is 0 Å². The molecule has 7 heteroatoms. The highest BCUT2D eigenvalue weighted by Gasteiger charge is 2.76. The first-order valence-corrected chi connectivity index (χ1v) is 10.1. The third-order valence-electron chi connectivity index (χ3n) is 6.05. The van der Waals surface area contributed by atoms with E-state index in [9.17, 15) is 14.7 Å². The van der Waals surface area contributed by atoms with E-state index >= 15 is 0 Å². The van der Waals surface area contributed by atoms with Gasteiger partial charge in [-0.2, -0.15) is 4.89 Å². The molecule has 2 aliphatic rings. The quantitative estimate of drug-likeness (QED) is 0.462. The van der Waals surface area contributed by atoms with Crippen molar-refractivity contribution in [3.05, 3.63) is 71.8 Å². The molecule has 0 radical (unpaired) electrons. The average molecular weight is 411 g/mol. The lowest BCUT2D eigenvalue weighted by atomic mass is 9.67. The smallest absolute Gasteiger partial charge is 0.327 e. The normalized spacial score (nSPS) is 27.6. The van der Waals surface area contributed by atoms with Gasteiger partial charge >= 0.3 is 5.97 Å². The number of aliphatic hydroxyl groups is 1. The number of carbonyl (C=O) groups is 2. The minimum absolute atomic E-state index is 0.0700. The van der Waals surface area contributed by atoms with Crippen LogP contribution in [-0.4, -0.2) is 47.4 Å². The predicted octanol–water partition coefficient (Wildman–Crippen LogP) is 2.38. The van der Waals surface area contributed by atoms with E-state index in [0.717, 1.165) is 0 Å². The Morgan fingerprint density at radius 1 is 1.03 bits per heavy atom. The first-order chi connectivity index (χ1) is 14.4. The van der Waals surface area contributed by atoms with Gasteiger partial charge in [0.15, 0.2) is 5.60 Å². The van der Waals surface area contributed by atoms with Gasteiger partial charge in [0.1, 0.15) is 0 Å². The first kappa shape index (κ1) is 20.5. The van der Waals surface area contributed by atoms with Crippen molar-refractivity contribution >= 4 is 11.9 Å². The van der Waals surface area contributed by atoms with Gasteiger partial charge in [-0.25, -0.2) is 4.89 Å². The van der Waals surface area contributed by atoms with Gasteiger partial charge in [0.25, 0.3) is 0 Å². The summed E-state index contributed by atoms with van der Waals surface area (Å²) in [6.45, 7) is 3.64. The molecule has 2 aromatic carbocycles. The van der Waals surface area contributed by atoms with Gasteiger partial charge < -0.3 is 14.7 Å². The minimum atomic E-state index is -2.15. The van der Waals surface area contributed by atoms with Crippen molar-refractivity contribution in [1.82, 2.24) is 4.90 Å². The summed E-state index contributed by atoms with van der Waals surface area (Å²) >= 11 is 0. The number of likely N-dealkylation sites (tertiary alicyclic amines) is 1. The van der Waals surface area contributed by atoms with Gasteiger partial charge in [-0.05, 0) is 25.0 Å². The second-order valence-corrected chi connectivity index (χ2v) is 7.63. The third-order valence-corrected chi connectivity index (χ3v) is 6.05. The number of ether oxygens (including phenoxy) is 1. The fraction of sp³-hybridized carbons (Fsp3) is 0.391. The second kappa shape index (κ2) is 7.50. The summed E-state index contributed by atoms with van der Waals surface area (Å²) in [5, 5.41) is 11.3. The summed E-state index contributed by atoms with van der Waals surface area (Å²) in [6, 6.07) is 18.5. The van der Waals surface area contributed by atoms with E-state index < -0.39 is 28.7 Å². The van der Waals surface area contributed by atoms with E-state index in [-0.39, 0.29) is 19.6 Å². The van der Waals surface area contributed by atoms with Crippen LogP contribution in [-0.2, 0) is 29.7 Å². The van der Waals surface area contributed by atoms with Crippen LogP contribution in [0.2, 0.25) is 0 Å². The maximum Gasteiger partial charge on any atom is 0.327 e. The molecule has 4 rings (SSSR count). The predicted molar refractivity (Wildman–Crippen MR) is 107 cm³/mol. The van der Waals surface area contributed by atoms with Crippen molar-refractivity contribution < 1.29 is 29.2 Å². The van der Waals surface area contributed by atoms with E-state index in [0.29, 0.717) is 17.7 Å². The van der Waals surface area contributed by atoms with Gasteiger partial charge in [-0.3, -0.25) is 9.59 Å². The van der Waals surface area contributed by atoms with E-state index in [1.54, 1.807) is 13.8 Å². The minimum Gasteiger partial charge on any atom is -0.465 e.